The maximum Gasteiger partial charge on any atom is 0.231 e. The van der Waals surface area contributed by atoms with Crippen LogP contribution in [0.4, 0.5) is 0 Å². The average molecular weight is 481 g/mol. The van der Waals surface area contributed by atoms with E-state index < -0.39 is 5.41 Å². The second kappa shape index (κ2) is 8.94. The summed E-state index contributed by atoms with van der Waals surface area (Å²) in [6, 6.07) is 11.7. The van der Waals surface area contributed by atoms with Crippen LogP contribution in [-0.2, 0) is 21.5 Å². The molecule has 2 aliphatic heterocycles. The van der Waals surface area contributed by atoms with Gasteiger partial charge in [-0.2, -0.15) is 0 Å². The molecule has 2 aromatic carbocycles. The second-order valence-corrected chi connectivity index (χ2v) is 8.66. The standard InChI is InChI=1S/C22H23BrClNO4/c23-17-4-2-16(3-5-17)22(6-10-27-11-7-22)21(26)25-14-15-12-18(24)20-19(13-15)28-8-1-9-29-20/h2-5,12-13H,1,6-11,14H2,(H,25,26). The molecule has 0 aliphatic carbocycles. The summed E-state index contributed by atoms with van der Waals surface area (Å²) in [5.41, 5.74) is 1.30. The summed E-state index contributed by atoms with van der Waals surface area (Å²) in [7, 11) is 0. The third-order valence-electron chi connectivity index (χ3n) is 5.49. The fourth-order valence-corrected chi connectivity index (χ4v) is 4.43. The maximum absolute atomic E-state index is 13.3. The summed E-state index contributed by atoms with van der Waals surface area (Å²) in [5.74, 6) is 1.22. The van der Waals surface area contributed by atoms with E-state index in [1.807, 2.05) is 36.4 Å². The van der Waals surface area contributed by atoms with Crippen molar-refractivity contribution in [3.63, 3.8) is 0 Å². The Kier molecular flexibility index (Phi) is 6.32. The van der Waals surface area contributed by atoms with Crippen LogP contribution in [0.15, 0.2) is 40.9 Å². The van der Waals surface area contributed by atoms with Crippen LogP contribution in [0.3, 0.4) is 0 Å². The van der Waals surface area contributed by atoms with E-state index in [4.69, 9.17) is 25.8 Å². The third-order valence-corrected chi connectivity index (χ3v) is 6.30. The van der Waals surface area contributed by atoms with Crippen molar-refractivity contribution < 1.29 is 19.0 Å². The van der Waals surface area contributed by atoms with Gasteiger partial charge in [0.15, 0.2) is 11.5 Å². The fourth-order valence-electron chi connectivity index (χ4n) is 3.87. The molecule has 0 unspecified atom stereocenters. The molecule has 1 fully saturated rings. The summed E-state index contributed by atoms with van der Waals surface area (Å²) in [4.78, 5) is 13.3. The van der Waals surface area contributed by atoms with Crippen molar-refractivity contribution >= 4 is 33.4 Å². The molecule has 0 aromatic heterocycles. The number of ether oxygens (including phenoxy) is 3. The largest absolute Gasteiger partial charge is 0.489 e. The number of fused-ring (bicyclic) bond motifs is 1. The Bertz CT molecular complexity index is 881. The predicted molar refractivity (Wildman–Crippen MR) is 115 cm³/mol. The lowest BCUT2D eigenvalue weighted by Gasteiger charge is -2.36. The molecule has 5 nitrogen and oxygen atoms in total. The first-order valence-corrected chi connectivity index (χ1v) is 11.0. The van der Waals surface area contributed by atoms with Gasteiger partial charge in [-0.1, -0.05) is 39.7 Å². The fraction of sp³-hybridized carbons (Fsp3) is 0.409. The van der Waals surface area contributed by atoms with Crippen molar-refractivity contribution in [2.75, 3.05) is 26.4 Å². The Morgan fingerprint density at radius 2 is 1.79 bits per heavy atom. The number of halogens is 2. The molecule has 7 heteroatoms. The van der Waals surface area contributed by atoms with Crippen LogP contribution < -0.4 is 14.8 Å². The Balaban J connectivity index is 1.53. The highest BCUT2D eigenvalue weighted by Crippen LogP contribution is 2.39. The van der Waals surface area contributed by atoms with Gasteiger partial charge in [0.05, 0.1) is 23.7 Å². The topological polar surface area (TPSA) is 56.8 Å². The van der Waals surface area contributed by atoms with E-state index in [1.165, 1.54) is 0 Å². The summed E-state index contributed by atoms with van der Waals surface area (Å²) in [5, 5.41) is 3.61. The maximum atomic E-state index is 13.3. The molecule has 1 amide bonds. The van der Waals surface area contributed by atoms with E-state index in [0.29, 0.717) is 62.3 Å². The molecule has 1 saturated heterocycles. The first-order chi connectivity index (χ1) is 14.1. The zero-order chi connectivity index (χ0) is 20.3. The van der Waals surface area contributed by atoms with Gasteiger partial charge in [-0.3, -0.25) is 4.79 Å². The second-order valence-electron chi connectivity index (χ2n) is 7.34. The summed E-state index contributed by atoms with van der Waals surface area (Å²) >= 11 is 9.85. The highest BCUT2D eigenvalue weighted by molar-refractivity contribution is 9.10. The van der Waals surface area contributed by atoms with E-state index in [2.05, 4.69) is 21.2 Å². The smallest absolute Gasteiger partial charge is 0.231 e. The molecule has 0 saturated carbocycles. The van der Waals surface area contributed by atoms with E-state index in [1.54, 1.807) is 0 Å². The molecule has 2 aromatic rings. The molecule has 0 atom stereocenters. The number of nitrogens with one attached hydrogen (secondary N) is 1. The van der Waals surface area contributed by atoms with Crippen LogP contribution in [-0.4, -0.2) is 32.3 Å². The molecule has 0 bridgehead atoms. The van der Waals surface area contributed by atoms with Crippen LogP contribution in [0.5, 0.6) is 11.5 Å². The highest BCUT2D eigenvalue weighted by atomic mass is 79.9. The summed E-state index contributed by atoms with van der Waals surface area (Å²) in [6.45, 7) is 2.68. The van der Waals surface area contributed by atoms with Crippen molar-refractivity contribution in [1.29, 1.82) is 0 Å². The summed E-state index contributed by atoms with van der Waals surface area (Å²) in [6.07, 6.45) is 2.12. The zero-order valence-electron chi connectivity index (χ0n) is 16.0. The minimum absolute atomic E-state index is 0.00589. The molecular weight excluding hydrogens is 458 g/mol. The number of carbonyl (C=O) groups excluding carboxylic acids is 1. The van der Waals surface area contributed by atoms with Gasteiger partial charge < -0.3 is 19.5 Å². The van der Waals surface area contributed by atoms with Gasteiger partial charge in [-0.15, -0.1) is 0 Å². The number of rotatable bonds is 4. The number of carbonyl (C=O) groups is 1. The van der Waals surface area contributed by atoms with Gasteiger partial charge in [-0.25, -0.2) is 0 Å². The van der Waals surface area contributed by atoms with E-state index in [9.17, 15) is 4.79 Å². The van der Waals surface area contributed by atoms with Crippen LogP contribution in [0, 0.1) is 0 Å². The van der Waals surface area contributed by atoms with E-state index in [-0.39, 0.29) is 5.91 Å². The normalized spacial score (nSPS) is 18.0. The van der Waals surface area contributed by atoms with Gasteiger partial charge in [0.1, 0.15) is 0 Å². The first kappa shape index (κ1) is 20.5. The number of benzene rings is 2. The molecular formula is C22H23BrClNO4. The number of hydrogen-bond donors (Lipinski definition) is 1. The lowest BCUT2D eigenvalue weighted by molar-refractivity contribution is -0.130. The van der Waals surface area contributed by atoms with Crippen molar-refractivity contribution in [2.24, 2.45) is 0 Å². The highest BCUT2D eigenvalue weighted by Gasteiger charge is 2.41. The molecule has 2 heterocycles. The lowest BCUT2D eigenvalue weighted by Crippen LogP contribution is -2.47. The predicted octanol–water partition coefficient (Wildman–Crippen LogP) is 4.63. The van der Waals surface area contributed by atoms with Crippen molar-refractivity contribution in [3.8, 4) is 11.5 Å². The lowest BCUT2D eigenvalue weighted by atomic mass is 9.73. The zero-order valence-corrected chi connectivity index (χ0v) is 18.4. The van der Waals surface area contributed by atoms with Crippen LogP contribution >= 0.6 is 27.5 Å². The number of amides is 1. The SMILES string of the molecule is O=C(NCc1cc(Cl)c2c(c1)OCCCO2)C1(c2ccc(Br)cc2)CCOCC1. The molecule has 154 valence electrons. The van der Waals surface area contributed by atoms with Crippen molar-refractivity contribution in [2.45, 2.75) is 31.2 Å². The monoisotopic (exact) mass is 479 g/mol. The van der Waals surface area contributed by atoms with Crippen molar-refractivity contribution in [3.05, 3.63) is 57.0 Å². The molecule has 2 aliphatic rings. The quantitative estimate of drug-likeness (QED) is 0.693. The first-order valence-electron chi connectivity index (χ1n) is 9.79. The van der Waals surface area contributed by atoms with Gasteiger partial charge in [0.25, 0.3) is 0 Å². The Hall–Kier alpha value is -1.76. The Labute approximate surface area is 183 Å². The minimum atomic E-state index is -0.589. The summed E-state index contributed by atoms with van der Waals surface area (Å²) < 4.78 is 18.0. The molecule has 4 rings (SSSR count). The number of hydrogen-bond acceptors (Lipinski definition) is 4. The van der Waals surface area contributed by atoms with Crippen LogP contribution in [0.2, 0.25) is 5.02 Å². The van der Waals surface area contributed by atoms with Gasteiger partial charge in [0.2, 0.25) is 5.91 Å². The molecule has 0 radical (unpaired) electrons. The Morgan fingerprint density at radius 3 is 2.55 bits per heavy atom. The van der Waals surface area contributed by atoms with Gasteiger partial charge >= 0.3 is 0 Å². The molecule has 1 N–H and O–H groups in total. The molecule has 0 spiro atoms. The third kappa shape index (κ3) is 4.39. The Morgan fingerprint density at radius 1 is 1.07 bits per heavy atom. The van der Waals surface area contributed by atoms with Gasteiger partial charge in [-0.05, 0) is 48.2 Å². The van der Waals surface area contributed by atoms with Crippen LogP contribution in [0.1, 0.15) is 30.4 Å². The van der Waals surface area contributed by atoms with E-state index in [0.717, 1.165) is 22.0 Å². The van der Waals surface area contributed by atoms with Gasteiger partial charge in [0, 0.05) is 30.7 Å². The molecule has 29 heavy (non-hydrogen) atoms. The average Bonchev–Trinajstić information content (AvgIpc) is 2.99. The van der Waals surface area contributed by atoms with Crippen molar-refractivity contribution in [1.82, 2.24) is 5.32 Å². The minimum Gasteiger partial charge on any atom is -0.489 e. The van der Waals surface area contributed by atoms with Crippen LogP contribution in [0.25, 0.3) is 0 Å². The van der Waals surface area contributed by atoms with E-state index >= 15 is 0 Å².